The Morgan fingerprint density at radius 3 is 0.548 bits per heavy atom. The Morgan fingerprint density at radius 2 is 0.371 bits per heavy atom. The Bertz CT molecular complexity index is 1620. The molecule has 0 spiro atoms. The average Bonchev–Trinajstić information content (AvgIpc) is 3.25. The SMILES string of the molecule is CCCCCCCCCc1c(O)cccc1O.CCCCCCCCc1c(O)cccc1O.CCCCCCCc1c(O)cccc1O.CCCCCCc1c(O)cccc1O. The molecule has 0 saturated carbocycles. The van der Waals surface area contributed by atoms with E-state index in [1.165, 1.54) is 109 Å². The van der Waals surface area contributed by atoms with Gasteiger partial charge in [0.05, 0.1) is 0 Å². The number of benzene rings is 4. The fourth-order valence-corrected chi connectivity index (χ4v) is 7.25. The van der Waals surface area contributed by atoms with E-state index in [9.17, 15) is 40.9 Å². The maximum atomic E-state index is 9.60. The number of phenols is 8. The third-order valence-corrected chi connectivity index (χ3v) is 11.1. The van der Waals surface area contributed by atoms with Crippen LogP contribution >= 0.6 is 0 Å². The number of hydrogen-bond donors (Lipinski definition) is 8. The lowest BCUT2D eigenvalue weighted by molar-refractivity contribution is 0.434. The molecule has 0 aliphatic carbocycles. The van der Waals surface area contributed by atoms with Crippen LogP contribution in [-0.4, -0.2) is 40.9 Å². The topological polar surface area (TPSA) is 162 Å². The van der Waals surface area contributed by atoms with Gasteiger partial charge in [-0.15, -0.1) is 0 Å². The van der Waals surface area contributed by atoms with Gasteiger partial charge in [0.15, 0.2) is 0 Å². The summed E-state index contributed by atoms with van der Waals surface area (Å²) in [4.78, 5) is 0. The molecule has 0 aromatic heterocycles. The standard InChI is InChI=1S/C15H24O2.C14H22O2.C13H20O2.C12H18O2/c1-2-3-4-5-6-7-8-10-13-14(16)11-9-12-15(13)17;1-2-3-4-5-6-7-9-12-13(15)10-8-11-14(12)16;1-2-3-4-5-6-8-11-12(14)9-7-10-13(11)15;1-2-3-4-5-7-10-11(13)8-6-9-12(10)14/h9,11-12,16-17H,2-8,10H2,1H3;8,10-11,15-16H,2-7,9H2,1H3;7,9-10,14-15H,2-6,8H2,1H3;6,8-9,13-14H,2-5,7H2,1H3. The van der Waals surface area contributed by atoms with E-state index in [4.69, 9.17) is 0 Å². The van der Waals surface area contributed by atoms with E-state index in [-0.39, 0.29) is 46.0 Å². The van der Waals surface area contributed by atoms with Crippen LogP contribution < -0.4 is 0 Å². The molecule has 8 heteroatoms. The Hall–Kier alpha value is -4.72. The summed E-state index contributed by atoms with van der Waals surface area (Å²) in [5.41, 5.74) is 2.76. The van der Waals surface area contributed by atoms with Gasteiger partial charge in [0.1, 0.15) is 46.0 Å². The van der Waals surface area contributed by atoms with E-state index in [1.807, 2.05) is 0 Å². The normalized spacial score (nSPS) is 10.5. The summed E-state index contributed by atoms with van der Waals surface area (Å²) >= 11 is 0. The van der Waals surface area contributed by atoms with Crippen molar-refractivity contribution < 1.29 is 40.9 Å². The van der Waals surface area contributed by atoms with E-state index in [1.54, 1.807) is 72.8 Å². The van der Waals surface area contributed by atoms with Crippen LogP contribution in [0.15, 0.2) is 72.8 Å². The van der Waals surface area contributed by atoms with Crippen LogP contribution in [0.4, 0.5) is 0 Å². The maximum Gasteiger partial charge on any atom is 0.122 e. The molecule has 0 heterocycles. The van der Waals surface area contributed by atoms with Gasteiger partial charge in [-0.3, -0.25) is 0 Å². The molecule has 62 heavy (non-hydrogen) atoms. The number of unbranched alkanes of at least 4 members (excludes halogenated alkanes) is 18. The molecule has 0 unspecified atom stereocenters. The van der Waals surface area contributed by atoms with Gasteiger partial charge in [-0.05, 0) is 99.9 Å². The van der Waals surface area contributed by atoms with E-state index in [0.717, 1.165) is 57.8 Å². The Labute approximate surface area is 375 Å². The van der Waals surface area contributed by atoms with Crippen molar-refractivity contribution in [3.8, 4) is 46.0 Å². The summed E-state index contributed by atoms with van der Waals surface area (Å²) in [5, 5.41) is 76.4. The first-order valence-corrected chi connectivity index (χ1v) is 24.0. The van der Waals surface area contributed by atoms with Crippen LogP contribution in [0.5, 0.6) is 46.0 Å². The zero-order valence-electron chi connectivity index (χ0n) is 38.9. The second-order valence-electron chi connectivity index (χ2n) is 16.5. The highest BCUT2D eigenvalue weighted by atomic mass is 16.3. The van der Waals surface area contributed by atoms with E-state index < -0.39 is 0 Å². The monoisotopic (exact) mass is 861 g/mol. The number of aromatic hydroxyl groups is 8. The molecule has 0 aliphatic rings. The van der Waals surface area contributed by atoms with Gasteiger partial charge >= 0.3 is 0 Å². The van der Waals surface area contributed by atoms with Gasteiger partial charge in [0.25, 0.3) is 0 Å². The summed E-state index contributed by atoms with van der Waals surface area (Å²) in [6.07, 6.45) is 29.7. The van der Waals surface area contributed by atoms with Crippen molar-refractivity contribution in [1.29, 1.82) is 0 Å². The smallest absolute Gasteiger partial charge is 0.122 e. The summed E-state index contributed by atoms with van der Waals surface area (Å²) in [7, 11) is 0. The highest BCUT2D eigenvalue weighted by Crippen LogP contribution is 2.31. The molecular weight excluding hydrogens is 777 g/mol. The molecule has 0 bridgehead atoms. The lowest BCUT2D eigenvalue weighted by Crippen LogP contribution is -1.88. The molecule has 4 aromatic carbocycles. The summed E-state index contributed by atoms with van der Waals surface area (Å²) < 4.78 is 0. The van der Waals surface area contributed by atoms with Crippen molar-refractivity contribution in [1.82, 2.24) is 0 Å². The first kappa shape index (κ1) is 55.3. The molecule has 8 N–H and O–H groups in total. The average molecular weight is 861 g/mol. The van der Waals surface area contributed by atoms with Crippen LogP contribution in [0.2, 0.25) is 0 Å². The molecule has 0 saturated heterocycles. The van der Waals surface area contributed by atoms with Crippen molar-refractivity contribution in [2.24, 2.45) is 0 Å². The molecule has 8 nitrogen and oxygen atoms in total. The van der Waals surface area contributed by atoms with Gasteiger partial charge in [-0.25, -0.2) is 0 Å². The highest BCUT2D eigenvalue weighted by Gasteiger charge is 2.09. The Kier molecular flexibility index (Phi) is 32.0. The molecule has 348 valence electrons. The fourth-order valence-electron chi connectivity index (χ4n) is 7.25. The molecular formula is C54H84O8. The number of hydrogen-bond acceptors (Lipinski definition) is 8. The van der Waals surface area contributed by atoms with Crippen molar-refractivity contribution in [3.63, 3.8) is 0 Å². The van der Waals surface area contributed by atoms with Gasteiger partial charge in [-0.1, -0.05) is 168 Å². The van der Waals surface area contributed by atoms with Crippen molar-refractivity contribution in [2.75, 3.05) is 0 Å². The van der Waals surface area contributed by atoms with Gasteiger partial charge in [0, 0.05) is 22.3 Å². The minimum absolute atomic E-state index is 0.210. The summed E-state index contributed by atoms with van der Waals surface area (Å²) in [6, 6.07) is 19.7. The molecule has 4 rings (SSSR count). The molecule has 4 aromatic rings. The molecule has 0 amide bonds. The second-order valence-corrected chi connectivity index (χ2v) is 16.5. The second kappa shape index (κ2) is 35.8. The van der Waals surface area contributed by atoms with Crippen LogP contribution in [-0.2, 0) is 25.7 Å². The van der Waals surface area contributed by atoms with E-state index >= 15 is 0 Å². The maximum absolute atomic E-state index is 9.60. The number of phenolic OH excluding ortho intramolecular Hbond substituents is 8. The van der Waals surface area contributed by atoms with Gasteiger partial charge in [-0.2, -0.15) is 0 Å². The zero-order valence-corrected chi connectivity index (χ0v) is 38.9. The molecule has 0 aliphatic heterocycles. The first-order valence-electron chi connectivity index (χ1n) is 24.0. The zero-order chi connectivity index (χ0) is 45.8. The lowest BCUT2D eigenvalue weighted by atomic mass is 10.0. The van der Waals surface area contributed by atoms with Crippen molar-refractivity contribution >= 4 is 0 Å². The van der Waals surface area contributed by atoms with E-state index in [0.29, 0.717) is 22.3 Å². The predicted octanol–water partition coefficient (Wildman–Crippen LogP) is 15.2. The third-order valence-electron chi connectivity index (χ3n) is 11.1. The third kappa shape index (κ3) is 24.7. The van der Waals surface area contributed by atoms with Crippen LogP contribution in [0.1, 0.15) is 191 Å². The Morgan fingerprint density at radius 1 is 0.226 bits per heavy atom. The molecule has 0 fully saturated rings. The quantitative estimate of drug-likeness (QED) is 0.0289. The predicted molar refractivity (Wildman–Crippen MR) is 258 cm³/mol. The van der Waals surface area contributed by atoms with Crippen LogP contribution in [0.25, 0.3) is 0 Å². The lowest BCUT2D eigenvalue weighted by Gasteiger charge is -2.06. The van der Waals surface area contributed by atoms with Gasteiger partial charge < -0.3 is 40.9 Å². The minimum atomic E-state index is 0.210. The highest BCUT2D eigenvalue weighted by molar-refractivity contribution is 5.45. The first-order chi connectivity index (χ1) is 30.0. The van der Waals surface area contributed by atoms with Crippen molar-refractivity contribution in [3.05, 3.63) is 95.1 Å². The largest absolute Gasteiger partial charge is 0.508 e. The van der Waals surface area contributed by atoms with Crippen LogP contribution in [0, 0.1) is 0 Å². The van der Waals surface area contributed by atoms with Crippen molar-refractivity contribution in [2.45, 2.75) is 195 Å². The van der Waals surface area contributed by atoms with Gasteiger partial charge in [0.2, 0.25) is 0 Å². The van der Waals surface area contributed by atoms with Crippen LogP contribution in [0.3, 0.4) is 0 Å². The molecule has 0 atom stereocenters. The Balaban J connectivity index is 0.000000414. The molecule has 0 radical (unpaired) electrons. The minimum Gasteiger partial charge on any atom is -0.508 e. The summed E-state index contributed by atoms with van der Waals surface area (Å²) in [5.74, 6) is 1.72. The fraction of sp³-hybridized carbons (Fsp3) is 0.556. The van der Waals surface area contributed by atoms with E-state index in [2.05, 4.69) is 27.7 Å². The summed E-state index contributed by atoms with van der Waals surface area (Å²) in [6.45, 7) is 8.79. The number of rotatable bonds is 26.